The zero-order valence-electron chi connectivity index (χ0n) is 13.6. The molecule has 7 heteroatoms. The molecule has 1 aliphatic heterocycles. The van der Waals surface area contributed by atoms with Gasteiger partial charge in [-0.3, -0.25) is 9.59 Å². The van der Waals surface area contributed by atoms with Crippen LogP contribution in [-0.4, -0.2) is 25.2 Å². The number of nitrogens with one attached hydrogen (secondary N) is 2. The van der Waals surface area contributed by atoms with Crippen molar-refractivity contribution in [1.82, 2.24) is 5.32 Å². The minimum absolute atomic E-state index is 0.0720. The van der Waals surface area contributed by atoms with Gasteiger partial charge in [0, 0.05) is 18.6 Å². The molecule has 0 saturated heterocycles. The molecule has 0 spiro atoms. The number of hydrogen-bond donors (Lipinski definition) is 3. The predicted octanol–water partition coefficient (Wildman–Crippen LogP) is 2.02. The van der Waals surface area contributed by atoms with Crippen molar-refractivity contribution in [2.45, 2.75) is 38.5 Å². The first-order chi connectivity index (χ1) is 11.6. The average Bonchev–Trinajstić information content (AvgIpc) is 3.22. The molecule has 0 aromatic heterocycles. The number of hydrogen-bond acceptors (Lipinski definition) is 5. The number of amides is 2. The molecule has 2 amide bonds. The Morgan fingerprint density at radius 1 is 1.12 bits per heavy atom. The Bertz CT molecular complexity index is 627. The number of carbonyl (C=O) groups excluding carboxylic acids is 2. The van der Waals surface area contributed by atoms with Gasteiger partial charge in [-0.2, -0.15) is 0 Å². The summed E-state index contributed by atoms with van der Waals surface area (Å²) < 4.78 is 10.5. The van der Waals surface area contributed by atoms with Gasteiger partial charge in [0.1, 0.15) is 0 Å². The first-order valence-corrected chi connectivity index (χ1v) is 8.37. The number of fused-ring (bicyclic) bond motifs is 1. The summed E-state index contributed by atoms with van der Waals surface area (Å²) in [4.78, 5) is 23.8. The van der Waals surface area contributed by atoms with Gasteiger partial charge < -0.3 is 25.8 Å². The normalized spacial score (nSPS) is 16.2. The van der Waals surface area contributed by atoms with Crippen LogP contribution in [0.15, 0.2) is 12.1 Å². The van der Waals surface area contributed by atoms with E-state index in [2.05, 4.69) is 10.6 Å². The van der Waals surface area contributed by atoms with Crippen LogP contribution >= 0.6 is 0 Å². The quantitative estimate of drug-likeness (QED) is 0.691. The average molecular weight is 333 g/mol. The monoisotopic (exact) mass is 333 g/mol. The van der Waals surface area contributed by atoms with Gasteiger partial charge in [-0.15, -0.1) is 0 Å². The van der Waals surface area contributed by atoms with Crippen molar-refractivity contribution in [3.05, 3.63) is 12.1 Å². The second-order valence-electron chi connectivity index (χ2n) is 6.31. The zero-order valence-corrected chi connectivity index (χ0v) is 13.6. The summed E-state index contributed by atoms with van der Waals surface area (Å²) >= 11 is 0. The third-order valence-electron chi connectivity index (χ3n) is 4.52. The van der Waals surface area contributed by atoms with E-state index < -0.39 is 0 Å². The van der Waals surface area contributed by atoms with Crippen LogP contribution in [0.3, 0.4) is 0 Å². The molecule has 3 rings (SSSR count). The molecule has 0 atom stereocenters. The summed E-state index contributed by atoms with van der Waals surface area (Å²) in [7, 11) is 0. The highest BCUT2D eigenvalue weighted by Gasteiger charge is 2.18. The second kappa shape index (κ2) is 7.42. The molecular weight excluding hydrogens is 310 g/mol. The van der Waals surface area contributed by atoms with Crippen molar-refractivity contribution in [2.75, 3.05) is 24.4 Å². The zero-order chi connectivity index (χ0) is 16.9. The van der Waals surface area contributed by atoms with Gasteiger partial charge in [0.2, 0.25) is 18.6 Å². The molecule has 2 aliphatic rings. The van der Waals surface area contributed by atoms with E-state index in [1.165, 1.54) is 25.7 Å². The van der Waals surface area contributed by atoms with Crippen LogP contribution in [0.25, 0.3) is 0 Å². The number of anilines is 2. The fourth-order valence-corrected chi connectivity index (χ4v) is 3.16. The molecule has 1 aliphatic carbocycles. The molecule has 0 unspecified atom stereocenters. The van der Waals surface area contributed by atoms with E-state index in [-0.39, 0.29) is 25.2 Å². The van der Waals surface area contributed by atoms with E-state index >= 15 is 0 Å². The fraction of sp³-hybridized carbons (Fsp3) is 0.529. The van der Waals surface area contributed by atoms with Gasteiger partial charge >= 0.3 is 0 Å². The fourth-order valence-electron chi connectivity index (χ4n) is 3.16. The van der Waals surface area contributed by atoms with Crippen molar-refractivity contribution in [1.29, 1.82) is 0 Å². The molecule has 0 bridgehead atoms. The van der Waals surface area contributed by atoms with E-state index in [4.69, 9.17) is 15.2 Å². The maximum Gasteiger partial charge on any atom is 0.243 e. The lowest BCUT2D eigenvalue weighted by Crippen LogP contribution is -2.33. The molecule has 1 aromatic carbocycles. The van der Waals surface area contributed by atoms with Crippen LogP contribution in [0, 0.1) is 5.92 Å². The first kappa shape index (κ1) is 16.4. The molecule has 0 radical (unpaired) electrons. The minimum atomic E-state index is -0.324. The van der Waals surface area contributed by atoms with E-state index in [1.807, 2.05) is 0 Å². The van der Waals surface area contributed by atoms with Crippen LogP contribution in [0.5, 0.6) is 11.5 Å². The largest absolute Gasteiger partial charge is 0.454 e. The number of benzene rings is 1. The van der Waals surface area contributed by atoms with Crippen molar-refractivity contribution >= 4 is 23.2 Å². The minimum Gasteiger partial charge on any atom is -0.454 e. The second-order valence-corrected chi connectivity index (χ2v) is 6.31. The Morgan fingerprint density at radius 2 is 1.83 bits per heavy atom. The summed E-state index contributed by atoms with van der Waals surface area (Å²) in [6.07, 6.45) is 6.36. The number of ether oxygens (including phenoxy) is 2. The van der Waals surface area contributed by atoms with Crippen LogP contribution in [0.4, 0.5) is 11.4 Å². The summed E-state index contributed by atoms with van der Waals surface area (Å²) in [5, 5.41) is 5.33. The smallest absolute Gasteiger partial charge is 0.243 e. The Morgan fingerprint density at radius 3 is 2.58 bits per heavy atom. The molecule has 1 saturated carbocycles. The molecule has 1 heterocycles. The van der Waals surface area contributed by atoms with Crippen LogP contribution in [-0.2, 0) is 9.59 Å². The Balaban J connectivity index is 1.43. The Kier molecular flexibility index (Phi) is 5.08. The van der Waals surface area contributed by atoms with Crippen LogP contribution in [0.2, 0.25) is 0 Å². The molecule has 1 aromatic rings. The van der Waals surface area contributed by atoms with E-state index in [0.717, 1.165) is 6.42 Å². The summed E-state index contributed by atoms with van der Waals surface area (Å²) in [6.45, 7) is 0.0700. The van der Waals surface area contributed by atoms with Gasteiger partial charge in [0.15, 0.2) is 11.5 Å². The number of carbonyl (C=O) groups is 2. The van der Waals surface area contributed by atoms with E-state index in [9.17, 15) is 9.59 Å². The predicted molar refractivity (Wildman–Crippen MR) is 89.8 cm³/mol. The van der Waals surface area contributed by atoms with Crippen molar-refractivity contribution in [3.63, 3.8) is 0 Å². The van der Waals surface area contributed by atoms with Crippen LogP contribution < -0.4 is 25.8 Å². The van der Waals surface area contributed by atoms with Crippen molar-refractivity contribution < 1.29 is 19.1 Å². The number of nitrogens with two attached hydrogens (primary N) is 1. The lowest BCUT2D eigenvalue weighted by Gasteiger charge is -2.11. The Hall–Kier alpha value is -2.44. The summed E-state index contributed by atoms with van der Waals surface area (Å²) in [5.74, 6) is 1.36. The van der Waals surface area contributed by atoms with Gasteiger partial charge in [-0.1, -0.05) is 25.7 Å². The first-order valence-electron chi connectivity index (χ1n) is 8.37. The lowest BCUT2D eigenvalue weighted by molar-refractivity contribution is -0.124. The molecular formula is C17H23N3O4. The topological polar surface area (TPSA) is 103 Å². The maximum absolute atomic E-state index is 12.0. The maximum atomic E-state index is 12.0. The number of rotatable bonds is 6. The highest BCUT2D eigenvalue weighted by molar-refractivity contribution is 5.97. The standard InChI is InChI=1S/C17H23N3O4/c18-12-7-14-15(24-10-23-14)8-13(12)20-17(22)9-19-16(21)6-5-11-3-1-2-4-11/h7-8,11H,1-6,9-10,18H2,(H,19,21)(H,20,22). The van der Waals surface area contributed by atoms with E-state index in [1.54, 1.807) is 12.1 Å². The van der Waals surface area contributed by atoms with Gasteiger partial charge in [-0.25, -0.2) is 0 Å². The molecule has 4 N–H and O–H groups in total. The number of nitrogen functional groups attached to an aromatic ring is 1. The summed E-state index contributed by atoms with van der Waals surface area (Å²) in [5.41, 5.74) is 6.72. The summed E-state index contributed by atoms with van der Waals surface area (Å²) in [6, 6.07) is 3.23. The Labute approximate surface area is 140 Å². The highest BCUT2D eigenvalue weighted by atomic mass is 16.7. The molecule has 7 nitrogen and oxygen atoms in total. The van der Waals surface area contributed by atoms with E-state index in [0.29, 0.717) is 35.2 Å². The molecule has 24 heavy (non-hydrogen) atoms. The lowest BCUT2D eigenvalue weighted by atomic mass is 10.0. The van der Waals surface area contributed by atoms with Gasteiger partial charge in [0.25, 0.3) is 0 Å². The van der Waals surface area contributed by atoms with Gasteiger partial charge in [0.05, 0.1) is 17.9 Å². The van der Waals surface area contributed by atoms with Crippen LogP contribution in [0.1, 0.15) is 38.5 Å². The van der Waals surface area contributed by atoms with Crippen molar-refractivity contribution in [2.24, 2.45) is 5.92 Å². The van der Waals surface area contributed by atoms with Gasteiger partial charge in [-0.05, 0) is 12.3 Å². The molecule has 1 fully saturated rings. The third kappa shape index (κ3) is 4.10. The third-order valence-corrected chi connectivity index (χ3v) is 4.52. The van der Waals surface area contributed by atoms with Crippen molar-refractivity contribution in [3.8, 4) is 11.5 Å². The molecule has 130 valence electrons. The SMILES string of the molecule is Nc1cc2c(cc1NC(=O)CNC(=O)CCC1CCCC1)OCO2. The highest BCUT2D eigenvalue weighted by Crippen LogP contribution is 2.38.